The van der Waals surface area contributed by atoms with E-state index in [9.17, 15) is 8.42 Å². The van der Waals surface area contributed by atoms with Gasteiger partial charge in [0.2, 0.25) is 0 Å². The molecule has 144 valence electrons. The molecule has 0 aliphatic carbocycles. The standard InChI is InChI=1S/C14H10N2O2S.6CH3.2Sn/c1-11-4-6-13(7-5-11)19(17,18)16-10-8-12-3-2-9-15-14(12)16;;;;;;;;/h2-6,9-10H,1H3;6*1H3;;. The molecule has 0 saturated heterocycles. The fraction of sp³-hybridized carbons (Fsp3) is 0.350. The van der Waals surface area contributed by atoms with E-state index in [0.29, 0.717) is 10.5 Å². The first kappa shape index (κ1) is 21.2. The molecular formula is C20H28N2O2SSn2. The zero-order valence-electron chi connectivity index (χ0n) is 17.2. The summed E-state index contributed by atoms with van der Waals surface area (Å²) in [6.07, 6.45) is 3.53. The first-order valence-electron chi connectivity index (χ1n) is 9.17. The van der Waals surface area contributed by atoms with E-state index >= 15 is 0 Å². The first-order chi connectivity index (χ1) is 12.3. The second kappa shape index (κ2) is 7.06. The Bertz CT molecular complexity index is 1120. The number of aromatic nitrogens is 2. The summed E-state index contributed by atoms with van der Waals surface area (Å²) in [7, 11) is -3.70. The van der Waals surface area contributed by atoms with Crippen molar-refractivity contribution >= 4 is 65.0 Å². The van der Waals surface area contributed by atoms with E-state index in [1.54, 1.807) is 12.3 Å². The number of benzene rings is 1. The Morgan fingerprint density at radius 2 is 1.56 bits per heavy atom. The van der Waals surface area contributed by atoms with Crippen molar-refractivity contribution in [3.63, 3.8) is 0 Å². The predicted molar refractivity (Wildman–Crippen MR) is 119 cm³/mol. The molecule has 0 atom stereocenters. The number of fused-ring (bicyclic) bond motifs is 1. The van der Waals surface area contributed by atoms with E-state index in [2.05, 4.69) is 40.7 Å². The number of pyridine rings is 1. The molecule has 27 heavy (non-hydrogen) atoms. The van der Waals surface area contributed by atoms with Crippen molar-refractivity contribution < 1.29 is 8.42 Å². The van der Waals surface area contributed by atoms with E-state index < -0.39 is 46.8 Å². The zero-order chi connectivity index (χ0) is 20.2. The Balaban J connectivity index is 2.36. The molecule has 1 aromatic carbocycles. The SMILES string of the molecule is Cc1ccc(S(=O)(=O)n2c[c]([Sn]([CH3])([CH3])[CH3])c3cccnc32)[c]([Sn]([CH3])([CH3])[CH3])c1. The van der Waals surface area contributed by atoms with Crippen LogP contribution in [0.5, 0.6) is 0 Å². The van der Waals surface area contributed by atoms with Crippen LogP contribution in [-0.2, 0) is 10.0 Å². The van der Waals surface area contributed by atoms with Crippen molar-refractivity contribution in [3.8, 4) is 0 Å². The molecule has 0 spiro atoms. The van der Waals surface area contributed by atoms with Crippen LogP contribution < -0.4 is 7.16 Å². The second-order valence-electron chi connectivity index (χ2n) is 9.22. The minimum absolute atomic E-state index is 0.453. The summed E-state index contributed by atoms with van der Waals surface area (Å²) < 4.78 is 31.2. The molecule has 3 aromatic rings. The maximum atomic E-state index is 13.7. The third-order valence-corrected chi connectivity index (χ3v) is 18.6. The molecule has 0 bridgehead atoms. The molecule has 3 rings (SSSR count). The van der Waals surface area contributed by atoms with Gasteiger partial charge in [0, 0.05) is 0 Å². The van der Waals surface area contributed by atoms with Gasteiger partial charge in [-0.1, -0.05) is 0 Å². The fourth-order valence-corrected chi connectivity index (χ4v) is 16.8. The van der Waals surface area contributed by atoms with Gasteiger partial charge in [-0.25, -0.2) is 0 Å². The van der Waals surface area contributed by atoms with Crippen LogP contribution in [0.2, 0.25) is 29.6 Å². The summed E-state index contributed by atoms with van der Waals surface area (Å²) in [6, 6.07) is 9.66. The van der Waals surface area contributed by atoms with Crippen molar-refractivity contribution in [3.05, 3.63) is 48.3 Å². The van der Waals surface area contributed by atoms with E-state index in [-0.39, 0.29) is 0 Å². The zero-order valence-corrected chi connectivity index (χ0v) is 23.7. The monoisotopic (exact) mass is 600 g/mol. The van der Waals surface area contributed by atoms with Gasteiger partial charge in [0.05, 0.1) is 0 Å². The number of hydrogen-bond donors (Lipinski definition) is 0. The van der Waals surface area contributed by atoms with Gasteiger partial charge in [-0.15, -0.1) is 0 Å². The van der Waals surface area contributed by atoms with Gasteiger partial charge < -0.3 is 0 Å². The van der Waals surface area contributed by atoms with Gasteiger partial charge in [0.1, 0.15) is 0 Å². The van der Waals surface area contributed by atoms with Crippen LogP contribution in [0, 0.1) is 6.92 Å². The number of hydrogen-bond acceptors (Lipinski definition) is 3. The van der Waals surface area contributed by atoms with Gasteiger partial charge >= 0.3 is 172 Å². The fourth-order valence-electron chi connectivity index (χ4n) is 3.37. The van der Waals surface area contributed by atoms with Gasteiger partial charge in [-0.3, -0.25) is 0 Å². The van der Waals surface area contributed by atoms with Crippen molar-refractivity contribution in [1.82, 2.24) is 8.96 Å². The molecular weight excluding hydrogens is 570 g/mol. The van der Waals surface area contributed by atoms with Crippen LogP contribution in [0.15, 0.2) is 47.6 Å². The third kappa shape index (κ3) is 3.96. The van der Waals surface area contributed by atoms with Crippen LogP contribution in [0.25, 0.3) is 11.0 Å². The Hall–Kier alpha value is -0.543. The van der Waals surface area contributed by atoms with Crippen LogP contribution in [0.4, 0.5) is 0 Å². The quantitative estimate of drug-likeness (QED) is 0.432. The molecule has 7 heteroatoms. The molecule has 0 saturated carbocycles. The normalized spacial score (nSPS) is 13.3. The van der Waals surface area contributed by atoms with Crippen molar-refractivity contribution in [2.24, 2.45) is 0 Å². The van der Waals surface area contributed by atoms with E-state index in [1.165, 1.54) is 7.55 Å². The van der Waals surface area contributed by atoms with Crippen LogP contribution in [-0.4, -0.2) is 54.1 Å². The van der Waals surface area contributed by atoms with E-state index in [1.807, 2.05) is 31.3 Å². The Morgan fingerprint density at radius 1 is 0.926 bits per heavy atom. The molecule has 2 aromatic heterocycles. The first-order valence-corrected chi connectivity index (χ1v) is 30.6. The number of rotatable bonds is 4. The maximum absolute atomic E-state index is 13.7. The van der Waals surface area contributed by atoms with E-state index in [4.69, 9.17) is 0 Å². The number of nitrogens with zero attached hydrogens (tertiary/aromatic N) is 2. The number of aryl methyl sites for hydroxylation is 1. The van der Waals surface area contributed by atoms with Crippen LogP contribution >= 0.6 is 0 Å². The topological polar surface area (TPSA) is 52.0 Å². The Morgan fingerprint density at radius 3 is 2.15 bits per heavy atom. The molecule has 0 N–H and O–H groups in total. The molecule has 0 aliphatic heterocycles. The summed E-state index contributed by atoms with van der Waals surface area (Å²) in [4.78, 5) is 18.6. The predicted octanol–water partition coefficient (Wildman–Crippen LogP) is 3.67. The molecule has 2 heterocycles. The van der Waals surface area contributed by atoms with Gasteiger partial charge in [0.15, 0.2) is 0 Å². The van der Waals surface area contributed by atoms with E-state index in [0.717, 1.165) is 14.5 Å². The van der Waals surface area contributed by atoms with Crippen LogP contribution in [0.3, 0.4) is 0 Å². The summed E-state index contributed by atoms with van der Waals surface area (Å²) in [5.41, 5.74) is 1.66. The Labute approximate surface area is 170 Å². The second-order valence-corrected chi connectivity index (χ2v) is 39.8. The summed E-state index contributed by atoms with van der Waals surface area (Å²) >= 11 is -5.17. The van der Waals surface area contributed by atoms with Crippen molar-refractivity contribution in [1.29, 1.82) is 0 Å². The van der Waals surface area contributed by atoms with Crippen molar-refractivity contribution in [2.75, 3.05) is 0 Å². The molecule has 0 fully saturated rings. The average molecular weight is 598 g/mol. The summed E-state index contributed by atoms with van der Waals surface area (Å²) in [5, 5.41) is 0.984. The molecule has 0 unspecified atom stereocenters. The molecule has 0 aliphatic rings. The average Bonchev–Trinajstić information content (AvgIpc) is 2.94. The summed E-state index contributed by atoms with van der Waals surface area (Å²) in [6.45, 7) is 2.02. The summed E-state index contributed by atoms with van der Waals surface area (Å²) in [5.74, 6) is 0. The van der Waals surface area contributed by atoms with Crippen molar-refractivity contribution in [2.45, 2.75) is 41.5 Å². The Kier molecular flexibility index (Phi) is 5.53. The van der Waals surface area contributed by atoms with Gasteiger partial charge in [-0.2, -0.15) is 0 Å². The molecule has 0 radical (unpaired) electrons. The minimum atomic E-state index is -3.70. The van der Waals surface area contributed by atoms with Gasteiger partial charge in [0.25, 0.3) is 0 Å². The molecule has 4 nitrogen and oxygen atoms in total. The molecule has 0 amide bonds. The van der Waals surface area contributed by atoms with Gasteiger partial charge in [-0.05, 0) is 0 Å². The van der Waals surface area contributed by atoms with Crippen LogP contribution in [0.1, 0.15) is 5.56 Å². The third-order valence-electron chi connectivity index (χ3n) is 4.82.